The molecule has 29 heavy (non-hydrogen) atoms. The van der Waals surface area contributed by atoms with E-state index in [2.05, 4.69) is 5.43 Å². The van der Waals surface area contributed by atoms with E-state index in [1.54, 1.807) is 18.2 Å². The smallest absolute Gasteiger partial charge is 0.285 e. The lowest BCUT2D eigenvalue weighted by Gasteiger charge is -2.15. The zero-order valence-corrected chi connectivity index (χ0v) is 16.5. The molecule has 2 amide bonds. The van der Waals surface area contributed by atoms with Crippen LogP contribution in [0.2, 0.25) is 0 Å². The van der Waals surface area contributed by atoms with E-state index in [-0.39, 0.29) is 32.0 Å². The number of benzene rings is 2. The molecule has 1 heterocycles. The van der Waals surface area contributed by atoms with Crippen LogP contribution >= 0.6 is 24.0 Å². The van der Waals surface area contributed by atoms with Gasteiger partial charge in [-0.1, -0.05) is 17.8 Å². The van der Waals surface area contributed by atoms with Gasteiger partial charge in [0.15, 0.2) is 15.8 Å². The standard InChI is InChI=1S/C18H13N3O6S2/c1-27-14-8-10(2-7-13(14)22)9-15-17(24)20(18(28)29-15)19-16(23)11-3-5-12(6-4-11)21(25)26/h2-9,22H,1H3,(H,19,23)/b15-9-. The molecule has 0 aromatic heterocycles. The molecule has 2 aromatic rings. The van der Waals surface area contributed by atoms with E-state index in [1.807, 2.05) is 0 Å². The van der Waals surface area contributed by atoms with Crippen molar-refractivity contribution in [2.24, 2.45) is 0 Å². The number of nitrogens with zero attached hydrogens (tertiary/aromatic N) is 2. The molecule has 0 atom stereocenters. The van der Waals surface area contributed by atoms with Gasteiger partial charge in [-0.05, 0) is 48.1 Å². The quantitative estimate of drug-likeness (QED) is 0.321. The number of phenols is 1. The normalized spacial score (nSPS) is 14.9. The fraction of sp³-hybridized carbons (Fsp3) is 0.0556. The number of aromatic hydroxyl groups is 1. The van der Waals surface area contributed by atoms with Crippen molar-refractivity contribution in [2.75, 3.05) is 7.11 Å². The number of rotatable bonds is 5. The summed E-state index contributed by atoms with van der Waals surface area (Å²) < 4.78 is 5.16. The van der Waals surface area contributed by atoms with Crippen molar-refractivity contribution in [1.29, 1.82) is 0 Å². The highest BCUT2D eigenvalue weighted by Crippen LogP contribution is 2.33. The summed E-state index contributed by atoms with van der Waals surface area (Å²) in [6.07, 6.45) is 1.55. The van der Waals surface area contributed by atoms with Crippen molar-refractivity contribution < 1.29 is 24.4 Å². The first-order chi connectivity index (χ1) is 13.8. The summed E-state index contributed by atoms with van der Waals surface area (Å²) in [6.45, 7) is 0. The molecule has 2 N–H and O–H groups in total. The molecule has 0 unspecified atom stereocenters. The predicted molar refractivity (Wildman–Crippen MR) is 110 cm³/mol. The number of carbonyl (C=O) groups is 2. The van der Waals surface area contributed by atoms with E-state index in [0.29, 0.717) is 5.56 Å². The molecule has 0 radical (unpaired) electrons. The average molecular weight is 431 g/mol. The minimum absolute atomic E-state index is 0.0347. The molecule has 1 aliphatic heterocycles. The van der Waals surface area contributed by atoms with Crippen molar-refractivity contribution in [2.45, 2.75) is 0 Å². The van der Waals surface area contributed by atoms with Gasteiger partial charge >= 0.3 is 0 Å². The highest BCUT2D eigenvalue weighted by molar-refractivity contribution is 8.26. The number of phenolic OH excluding ortho intramolecular Hbond substituents is 1. The van der Waals surface area contributed by atoms with Crippen LogP contribution in [-0.4, -0.2) is 38.3 Å². The van der Waals surface area contributed by atoms with Gasteiger partial charge in [0.25, 0.3) is 17.5 Å². The Kier molecular flexibility index (Phi) is 5.80. The first-order valence-corrected chi connectivity index (χ1v) is 9.23. The average Bonchev–Trinajstić information content (AvgIpc) is 2.96. The van der Waals surface area contributed by atoms with Crippen LogP contribution in [0.25, 0.3) is 6.08 Å². The fourth-order valence-electron chi connectivity index (χ4n) is 2.40. The number of ether oxygens (including phenoxy) is 1. The molecule has 148 valence electrons. The Morgan fingerprint density at radius 2 is 2.00 bits per heavy atom. The Morgan fingerprint density at radius 1 is 1.31 bits per heavy atom. The Labute approximate surface area is 174 Å². The maximum atomic E-state index is 12.6. The van der Waals surface area contributed by atoms with Crippen LogP contribution in [0, 0.1) is 10.1 Å². The molecule has 9 nitrogen and oxygen atoms in total. The Morgan fingerprint density at radius 3 is 2.62 bits per heavy atom. The van der Waals surface area contributed by atoms with Gasteiger partial charge in [0.2, 0.25) is 0 Å². The van der Waals surface area contributed by atoms with E-state index >= 15 is 0 Å². The van der Waals surface area contributed by atoms with Crippen LogP contribution in [0.3, 0.4) is 0 Å². The van der Waals surface area contributed by atoms with Crippen LogP contribution in [0.15, 0.2) is 47.4 Å². The molecule has 1 fully saturated rings. The number of thioether (sulfide) groups is 1. The number of nitro benzene ring substituents is 1. The van der Waals surface area contributed by atoms with Gasteiger partial charge in [-0.2, -0.15) is 5.01 Å². The third kappa shape index (κ3) is 4.36. The molecular formula is C18H13N3O6S2. The number of carbonyl (C=O) groups excluding carboxylic acids is 2. The van der Waals surface area contributed by atoms with Crippen molar-refractivity contribution in [3.63, 3.8) is 0 Å². The maximum absolute atomic E-state index is 12.6. The molecule has 0 saturated carbocycles. The Hall–Kier alpha value is -3.44. The second-order valence-corrected chi connectivity index (χ2v) is 7.37. The number of methoxy groups -OCH3 is 1. The summed E-state index contributed by atoms with van der Waals surface area (Å²) in [6, 6.07) is 9.53. The second-order valence-electron chi connectivity index (χ2n) is 5.69. The van der Waals surface area contributed by atoms with Gasteiger partial charge in [0, 0.05) is 17.7 Å². The van der Waals surface area contributed by atoms with Gasteiger partial charge < -0.3 is 9.84 Å². The predicted octanol–water partition coefficient (Wildman–Crippen LogP) is 2.86. The molecular weight excluding hydrogens is 418 g/mol. The number of thiocarbonyl (C=S) groups is 1. The number of nitro groups is 1. The van der Waals surface area contributed by atoms with Crippen molar-refractivity contribution in [3.05, 3.63) is 68.6 Å². The number of non-ortho nitro benzene ring substituents is 1. The lowest BCUT2D eigenvalue weighted by molar-refractivity contribution is -0.384. The van der Waals surface area contributed by atoms with E-state index in [9.17, 15) is 24.8 Å². The van der Waals surface area contributed by atoms with Gasteiger partial charge in [0.1, 0.15) is 0 Å². The van der Waals surface area contributed by atoms with E-state index in [1.165, 1.54) is 37.4 Å². The van der Waals surface area contributed by atoms with Crippen LogP contribution in [-0.2, 0) is 4.79 Å². The highest BCUT2D eigenvalue weighted by Gasteiger charge is 2.33. The first kappa shape index (κ1) is 20.3. The van der Waals surface area contributed by atoms with E-state index < -0.39 is 16.7 Å². The van der Waals surface area contributed by atoms with Crippen molar-refractivity contribution >= 4 is 51.9 Å². The summed E-state index contributed by atoms with van der Waals surface area (Å²) in [7, 11) is 1.41. The lowest BCUT2D eigenvalue weighted by atomic mass is 10.2. The summed E-state index contributed by atoms with van der Waals surface area (Å²) in [4.78, 5) is 35.4. The van der Waals surface area contributed by atoms with Gasteiger partial charge in [-0.15, -0.1) is 0 Å². The Balaban J connectivity index is 1.76. The molecule has 11 heteroatoms. The van der Waals surface area contributed by atoms with E-state index in [0.717, 1.165) is 16.8 Å². The summed E-state index contributed by atoms with van der Waals surface area (Å²) in [5, 5.41) is 21.3. The SMILES string of the molecule is COc1cc(/C=C2\SC(=S)N(NC(=O)c3ccc([N+](=O)[O-])cc3)C2=O)ccc1O. The number of hydrogen-bond acceptors (Lipinski definition) is 8. The third-order valence-electron chi connectivity index (χ3n) is 3.85. The molecule has 0 aliphatic carbocycles. The maximum Gasteiger partial charge on any atom is 0.285 e. The molecule has 1 saturated heterocycles. The van der Waals surface area contributed by atoms with Crippen LogP contribution in [0.5, 0.6) is 11.5 Å². The summed E-state index contributed by atoms with van der Waals surface area (Å²) >= 11 is 6.16. The zero-order valence-electron chi connectivity index (χ0n) is 14.8. The van der Waals surface area contributed by atoms with Crippen LogP contribution in [0.1, 0.15) is 15.9 Å². The summed E-state index contributed by atoms with van der Waals surface area (Å²) in [5.41, 5.74) is 2.98. The molecule has 1 aliphatic rings. The lowest BCUT2D eigenvalue weighted by Crippen LogP contribution is -2.44. The largest absolute Gasteiger partial charge is 0.504 e. The molecule has 2 aromatic carbocycles. The minimum atomic E-state index is -0.635. The van der Waals surface area contributed by atoms with Gasteiger partial charge in [0.05, 0.1) is 16.9 Å². The first-order valence-electron chi connectivity index (χ1n) is 8.00. The monoisotopic (exact) mass is 431 g/mol. The van der Waals surface area contributed by atoms with Crippen molar-refractivity contribution in [1.82, 2.24) is 10.4 Å². The minimum Gasteiger partial charge on any atom is -0.504 e. The molecule has 3 rings (SSSR count). The van der Waals surface area contributed by atoms with Gasteiger partial charge in [-0.3, -0.25) is 25.1 Å². The number of nitrogens with one attached hydrogen (secondary N) is 1. The topological polar surface area (TPSA) is 122 Å². The highest BCUT2D eigenvalue weighted by atomic mass is 32.2. The third-order valence-corrected chi connectivity index (χ3v) is 5.15. The summed E-state index contributed by atoms with van der Waals surface area (Å²) in [5.74, 6) is -0.945. The molecule has 0 bridgehead atoms. The second kappa shape index (κ2) is 8.29. The Bertz CT molecular complexity index is 1050. The number of hydrogen-bond donors (Lipinski definition) is 2. The molecule has 0 spiro atoms. The van der Waals surface area contributed by atoms with Crippen LogP contribution in [0.4, 0.5) is 5.69 Å². The fourth-order valence-corrected chi connectivity index (χ4v) is 3.58. The number of hydrazine groups is 1. The zero-order chi connectivity index (χ0) is 21.1. The number of amides is 2. The van der Waals surface area contributed by atoms with Crippen LogP contribution < -0.4 is 10.2 Å². The van der Waals surface area contributed by atoms with Gasteiger partial charge in [-0.25, -0.2) is 0 Å². The van der Waals surface area contributed by atoms with Crippen molar-refractivity contribution in [3.8, 4) is 11.5 Å². The van der Waals surface area contributed by atoms with E-state index in [4.69, 9.17) is 17.0 Å².